The topological polar surface area (TPSA) is 41.1 Å². The van der Waals surface area contributed by atoms with Crippen LogP contribution in [0.1, 0.15) is 26.7 Å². The van der Waals surface area contributed by atoms with Gasteiger partial charge in [-0.15, -0.1) is 0 Å². The molecular formula is C9H18N2O. The molecular weight excluding hydrogens is 152 g/mol. The maximum atomic E-state index is 11.3. The molecule has 0 heterocycles. The highest BCUT2D eigenvalue weighted by atomic mass is 16.2. The molecule has 0 saturated heterocycles. The van der Waals surface area contributed by atoms with Crippen LogP contribution in [-0.2, 0) is 4.79 Å². The molecule has 0 spiro atoms. The molecule has 0 radical (unpaired) electrons. The number of rotatable bonds is 4. The van der Waals surface area contributed by atoms with Crippen LogP contribution in [-0.4, -0.2) is 25.0 Å². The average molecular weight is 170 g/mol. The van der Waals surface area contributed by atoms with E-state index < -0.39 is 0 Å². The van der Waals surface area contributed by atoms with Crippen LogP contribution in [0.15, 0.2) is 0 Å². The van der Waals surface area contributed by atoms with Crippen LogP contribution in [0.3, 0.4) is 0 Å². The minimum absolute atomic E-state index is 0.0666. The van der Waals surface area contributed by atoms with Gasteiger partial charge in [0.25, 0.3) is 0 Å². The molecule has 3 atom stereocenters. The van der Waals surface area contributed by atoms with E-state index in [9.17, 15) is 4.79 Å². The second kappa shape index (κ2) is 3.90. The zero-order valence-corrected chi connectivity index (χ0v) is 8.05. The van der Waals surface area contributed by atoms with Crippen molar-refractivity contribution in [1.29, 1.82) is 0 Å². The van der Waals surface area contributed by atoms with Crippen LogP contribution in [0.25, 0.3) is 0 Å². The maximum Gasteiger partial charge on any atom is 0.237 e. The van der Waals surface area contributed by atoms with E-state index >= 15 is 0 Å². The van der Waals surface area contributed by atoms with Crippen molar-refractivity contribution < 1.29 is 4.79 Å². The third kappa shape index (κ3) is 2.21. The Balaban J connectivity index is 2.20. The number of hydrogen-bond donors (Lipinski definition) is 2. The lowest BCUT2D eigenvalue weighted by Gasteiger charge is -2.10. The van der Waals surface area contributed by atoms with Crippen molar-refractivity contribution in [2.45, 2.75) is 38.8 Å². The monoisotopic (exact) mass is 170 g/mol. The van der Waals surface area contributed by atoms with Gasteiger partial charge < -0.3 is 10.6 Å². The summed E-state index contributed by atoms with van der Waals surface area (Å²) in [6, 6.07) is 0.390. The summed E-state index contributed by atoms with van der Waals surface area (Å²) in [7, 11) is 1.80. The Hall–Kier alpha value is -0.570. The first-order chi connectivity index (χ1) is 5.69. The normalized spacial score (nSPS) is 29.6. The minimum Gasteiger partial charge on any atom is -0.352 e. The first-order valence-electron chi connectivity index (χ1n) is 4.66. The summed E-state index contributed by atoms with van der Waals surface area (Å²) in [5.41, 5.74) is 0. The van der Waals surface area contributed by atoms with E-state index in [-0.39, 0.29) is 11.9 Å². The van der Waals surface area contributed by atoms with Crippen molar-refractivity contribution >= 4 is 5.91 Å². The lowest BCUT2D eigenvalue weighted by Crippen LogP contribution is -2.41. The van der Waals surface area contributed by atoms with Gasteiger partial charge in [-0.3, -0.25) is 4.79 Å². The Morgan fingerprint density at radius 1 is 1.67 bits per heavy atom. The predicted octanol–water partition coefficient (Wildman–Crippen LogP) is 0.509. The SMILES string of the molecule is CCC1CC1NC(=O)C(C)NC. The molecule has 0 aromatic rings. The first kappa shape index (κ1) is 9.52. The van der Waals surface area contributed by atoms with E-state index in [0.717, 1.165) is 5.92 Å². The molecule has 3 nitrogen and oxygen atoms in total. The quantitative estimate of drug-likeness (QED) is 0.645. The fourth-order valence-electron chi connectivity index (χ4n) is 1.31. The molecule has 0 bridgehead atoms. The van der Waals surface area contributed by atoms with Gasteiger partial charge in [-0.05, 0) is 26.3 Å². The second-order valence-electron chi connectivity index (χ2n) is 3.53. The van der Waals surface area contributed by atoms with E-state index in [4.69, 9.17) is 0 Å². The van der Waals surface area contributed by atoms with Gasteiger partial charge >= 0.3 is 0 Å². The summed E-state index contributed by atoms with van der Waals surface area (Å²) in [5, 5.41) is 5.92. The fourth-order valence-corrected chi connectivity index (χ4v) is 1.31. The van der Waals surface area contributed by atoms with E-state index in [0.29, 0.717) is 6.04 Å². The zero-order chi connectivity index (χ0) is 9.14. The van der Waals surface area contributed by atoms with Crippen LogP contribution in [0, 0.1) is 5.92 Å². The first-order valence-corrected chi connectivity index (χ1v) is 4.66. The average Bonchev–Trinajstić information content (AvgIpc) is 2.81. The summed E-state index contributed by atoms with van der Waals surface area (Å²) in [5.74, 6) is 0.858. The Morgan fingerprint density at radius 3 is 2.75 bits per heavy atom. The molecule has 0 aromatic heterocycles. The van der Waals surface area contributed by atoms with Gasteiger partial charge in [-0.1, -0.05) is 13.3 Å². The number of hydrogen-bond acceptors (Lipinski definition) is 2. The summed E-state index contributed by atoms with van der Waals surface area (Å²) in [6.07, 6.45) is 2.34. The molecule has 0 aliphatic heterocycles. The smallest absolute Gasteiger partial charge is 0.237 e. The van der Waals surface area contributed by atoms with E-state index in [1.807, 2.05) is 6.92 Å². The van der Waals surface area contributed by atoms with Crippen molar-refractivity contribution in [1.82, 2.24) is 10.6 Å². The largest absolute Gasteiger partial charge is 0.352 e. The number of carbonyl (C=O) groups excluding carboxylic acids is 1. The Morgan fingerprint density at radius 2 is 2.33 bits per heavy atom. The Bertz CT molecular complexity index is 170. The maximum absolute atomic E-state index is 11.3. The minimum atomic E-state index is -0.0666. The number of carbonyl (C=O) groups is 1. The van der Waals surface area contributed by atoms with Crippen LogP contribution in [0.2, 0.25) is 0 Å². The molecule has 1 aliphatic carbocycles. The van der Waals surface area contributed by atoms with Gasteiger partial charge in [-0.25, -0.2) is 0 Å². The van der Waals surface area contributed by atoms with Gasteiger partial charge in [0.15, 0.2) is 0 Å². The molecule has 1 fully saturated rings. The highest BCUT2D eigenvalue weighted by molar-refractivity contribution is 5.81. The highest BCUT2D eigenvalue weighted by Gasteiger charge is 2.36. The molecule has 70 valence electrons. The molecule has 12 heavy (non-hydrogen) atoms. The molecule has 0 aromatic carbocycles. The van der Waals surface area contributed by atoms with Crippen LogP contribution < -0.4 is 10.6 Å². The van der Waals surface area contributed by atoms with Crippen molar-refractivity contribution in [3.05, 3.63) is 0 Å². The van der Waals surface area contributed by atoms with Gasteiger partial charge in [0.05, 0.1) is 6.04 Å². The molecule has 1 aliphatic rings. The Kier molecular flexibility index (Phi) is 3.09. The molecule has 1 rings (SSSR count). The van der Waals surface area contributed by atoms with Gasteiger partial charge in [-0.2, -0.15) is 0 Å². The third-order valence-electron chi connectivity index (χ3n) is 2.60. The van der Waals surface area contributed by atoms with Crippen molar-refractivity contribution in [3.63, 3.8) is 0 Å². The second-order valence-corrected chi connectivity index (χ2v) is 3.53. The molecule has 3 heteroatoms. The number of nitrogens with one attached hydrogen (secondary N) is 2. The summed E-state index contributed by atoms with van der Waals surface area (Å²) >= 11 is 0. The lowest BCUT2D eigenvalue weighted by atomic mass is 10.3. The van der Waals surface area contributed by atoms with Crippen LogP contribution in [0.4, 0.5) is 0 Å². The van der Waals surface area contributed by atoms with Crippen LogP contribution in [0.5, 0.6) is 0 Å². The molecule has 2 N–H and O–H groups in total. The molecule has 1 saturated carbocycles. The van der Waals surface area contributed by atoms with Crippen molar-refractivity contribution in [3.8, 4) is 0 Å². The van der Waals surface area contributed by atoms with Crippen molar-refractivity contribution in [2.75, 3.05) is 7.05 Å². The van der Waals surface area contributed by atoms with Gasteiger partial charge in [0.2, 0.25) is 5.91 Å². The predicted molar refractivity (Wildman–Crippen MR) is 48.9 cm³/mol. The van der Waals surface area contributed by atoms with Crippen LogP contribution >= 0.6 is 0 Å². The summed E-state index contributed by atoms with van der Waals surface area (Å²) < 4.78 is 0. The van der Waals surface area contributed by atoms with E-state index in [1.54, 1.807) is 7.05 Å². The van der Waals surface area contributed by atoms with E-state index in [1.165, 1.54) is 12.8 Å². The lowest BCUT2D eigenvalue weighted by molar-refractivity contribution is -0.122. The van der Waals surface area contributed by atoms with Gasteiger partial charge in [0, 0.05) is 6.04 Å². The third-order valence-corrected chi connectivity index (χ3v) is 2.60. The standard InChI is InChI=1S/C9H18N2O/c1-4-7-5-8(7)11-9(12)6(2)10-3/h6-8,10H,4-5H2,1-3H3,(H,11,12). The molecule has 3 unspecified atom stereocenters. The number of likely N-dealkylation sites (N-methyl/N-ethyl adjacent to an activating group) is 1. The van der Waals surface area contributed by atoms with Crippen molar-refractivity contribution in [2.24, 2.45) is 5.92 Å². The van der Waals surface area contributed by atoms with Gasteiger partial charge in [0.1, 0.15) is 0 Å². The number of amides is 1. The summed E-state index contributed by atoms with van der Waals surface area (Å²) in [6.45, 7) is 4.04. The van der Waals surface area contributed by atoms with E-state index in [2.05, 4.69) is 17.6 Å². The Labute approximate surface area is 73.9 Å². The zero-order valence-electron chi connectivity index (χ0n) is 8.05. The highest BCUT2D eigenvalue weighted by Crippen LogP contribution is 2.32. The summed E-state index contributed by atoms with van der Waals surface area (Å²) in [4.78, 5) is 11.3. The molecule has 1 amide bonds. The fraction of sp³-hybridized carbons (Fsp3) is 0.889.